The molecular formula is C23H18N2O2. The molecule has 4 heteroatoms. The normalized spacial score (nSPS) is 12.0. The smallest absolute Gasteiger partial charge is 0.412 e. The Morgan fingerprint density at radius 2 is 1.70 bits per heavy atom. The second kappa shape index (κ2) is 6.97. The van der Waals surface area contributed by atoms with Gasteiger partial charge < -0.3 is 4.74 Å². The number of carbonyl (C=O) groups is 1. The van der Waals surface area contributed by atoms with Gasteiger partial charge in [-0.2, -0.15) is 0 Å². The zero-order valence-electron chi connectivity index (χ0n) is 14.9. The third-order valence-electron chi connectivity index (χ3n) is 4.82. The van der Waals surface area contributed by atoms with E-state index in [-0.39, 0.29) is 12.5 Å². The van der Waals surface area contributed by atoms with Crippen LogP contribution in [0.1, 0.15) is 28.3 Å². The minimum Gasteiger partial charge on any atom is -0.448 e. The molecule has 0 saturated heterocycles. The summed E-state index contributed by atoms with van der Waals surface area (Å²) < 4.78 is 5.51. The van der Waals surface area contributed by atoms with Crippen LogP contribution in [0.15, 0.2) is 60.7 Å². The molecule has 1 aromatic heterocycles. The molecule has 4 nitrogen and oxygen atoms in total. The van der Waals surface area contributed by atoms with Crippen LogP contribution in [-0.2, 0) is 4.74 Å². The van der Waals surface area contributed by atoms with E-state index in [0.29, 0.717) is 17.1 Å². The van der Waals surface area contributed by atoms with Gasteiger partial charge in [-0.3, -0.25) is 5.32 Å². The Labute approximate surface area is 158 Å². The Morgan fingerprint density at radius 1 is 1.07 bits per heavy atom. The minimum absolute atomic E-state index is 0.0293. The third-order valence-corrected chi connectivity index (χ3v) is 4.82. The van der Waals surface area contributed by atoms with Crippen molar-refractivity contribution >= 4 is 11.9 Å². The van der Waals surface area contributed by atoms with E-state index in [1.807, 2.05) is 24.3 Å². The first kappa shape index (κ1) is 16.9. The maximum Gasteiger partial charge on any atom is 0.412 e. The molecule has 27 heavy (non-hydrogen) atoms. The fourth-order valence-corrected chi connectivity index (χ4v) is 3.52. The number of nitrogens with zero attached hydrogens (tertiary/aromatic N) is 1. The molecule has 0 atom stereocenters. The molecule has 2 aromatic carbocycles. The molecule has 0 unspecified atom stereocenters. The van der Waals surface area contributed by atoms with Crippen LogP contribution in [0.4, 0.5) is 10.6 Å². The maximum absolute atomic E-state index is 12.2. The van der Waals surface area contributed by atoms with E-state index in [1.165, 1.54) is 22.3 Å². The number of rotatable bonds is 3. The van der Waals surface area contributed by atoms with Gasteiger partial charge in [-0.05, 0) is 41.3 Å². The van der Waals surface area contributed by atoms with E-state index in [2.05, 4.69) is 40.5 Å². The van der Waals surface area contributed by atoms with E-state index < -0.39 is 6.09 Å². The van der Waals surface area contributed by atoms with Gasteiger partial charge in [-0.15, -0.1) is 6.42 Å². The fourth-order valence-electron chi connectivity index (χ4n) is 3.52. The van der Waals surface area contributed by atoms with E-state index in [0.717, 1.165) is 0 Å². The number of fused-ring (bicyclic) bond motifs is 3. The number of aryl methyl sites for hydroxylation is 1. The number of hydrogen-bond acceptors (Lipinski definition) is 3. The molecule has 132 valence electrons. The Balaban J connectivity index is 1.48. The number of amides is 1. The molecule has 0 radical (unpaired) electrons. The largest absolute Gasteiger partial charge is 0.448 e. The van der Waals surface area contributed by atoms with E-state index >= 15 is 0 Å². The van der Waals surface area contributed by atoms with Crippen molar-refractivity contribution in [2.24, 2.45) is 0 Å². The summed E-state index contributed by atoms with van der Waals surface area (Å²) in [5.74, 6) is 3.00. The number of anilines is 1. The van der Waals surface area contributed by atoms with Crippen LogP contribution in [0, 0.1) is 19.3 Å². The SMILES string of the molecule is C#Cc1ccc(NC(=O)OCC2c3ccccc3-c3ccccc32)nc1C. The minimum atomic E-state index is -0.530. The van der Waals surface area contributed by atoms with E-state index in [4.69, 9.17) is 11.2 Å². The molecule has 0 aliphatic heterocycles. The van der Waals surface area contributed by atoms with Crippen molar-refractivity contribution in [3.8, 4) is 23.5 Å². The third kappa shape index (κ3) is 3.16. The van der Waals surface area contributed by atoms with E-state index in [1.54, 1.807) is 19.1 Å². The zero-order valence-corrected chi connectivity index (χ0v) is 14.9. The average molecular weight is 354 g/mol. The van der Waals surface area contributed by atoms with Gasteiger partial charge in [-0.1, -0.05) is 54.5 Å². The Kier molecular flexibility index (Phi) is 4.35. The van der Waals surface area contributed by atoms with Gasteiger partial charge >= 0.3 is 6.09 Å². The number of aromatic nitrogens is 1. The van der Waals surface area contributed by atoms with Crippen LogP contribution < -0.4 is 5.32 Å². The standard InChI is InChI=1S/C23H18N2O2/c1-3-16-12-13-22(24-15(16)2)25-23(26)27-14-21-19-10-6-4-8-17(19)18-9-5-7-11-20(18)21/h1,4-13,21H,14H2,2H3,(H,24,25,26). The highest BCUT2D eigenvalue weighted by Gasteiger charge is 2.29. The van der Waals surface area contributed by atoms with Gasteiger partial charge in [0.25, 0.3) is 0 Å². The summed E-state index contributed by atoms with van der Waals surface area (Å²) in [6, 6.07) is 19.9. The average Bonchev–Trinajstić information content (AvgIpc) is 3.00. The van der Waals surface area contributed by atoms with Gasteiger partial charge in [-0.25, -0.2) is 9.78 Å². The van der Waals surface area contributed by atoms with E-state index in [9.17, 15) is 4.79 Å². The second-order valence-corrected chi connectivity index (χ2v) is 6.42. The van der Waals surface area contributed by atoms with Gasteiger partial charge in [0.15, 0.2) is 0 Å². The van der Waals surface area contributed by atoms with Crippen molar-refractivity contribution < 1.29 is 9.53 Å². The van der Waals surface area contributed by atoms with Crippen LogP contribution in [0.3, 0.4) is 0 Å². The lowest BCUT2D eigenvalue weighted by molar-refractivity contribution is 0.158. The van der Waals surface area contributed by atoms with Crippen molar-refractivity contribution in [1.29, 1.82) is 0 Å². The molecule has 3 aromatic rings. The van der Waals surface area contributed by atoms with Crippen molar-refractivity contribution in [1.82, 2.24) is 4.98 Å². The zero-order chi connectivity index (χ0) is 18.8. The summed E-state index contributed by atoms with van der Waals surface area (Å²) >= 11 is 0. The maximum atomic E-state index is 12.2. The number of ether oxygens (including phenoxy) is 1. The highest BCUT2D eigenvalue weighted by molar-refractivity contribution is 5.84. The molecular weight excluding hydrogens is 336 g/mol. The first-order valence-electron chi connectivity index (χ1n) is 8.73. The summed E-state index contributed by atoms with van der Waals surface area (Å²) in [6.45, 7) is 2.07. The number of terminal acetylenes is 1. The number of carbonyl (C=O) groups excluding carboxylic acids is 1. The van der Waals surface area contributed by atoms with Crippen molar-refractivity contribution in [3.05, 3.63) is 83.0 Å². The monoisotopic (exact) mass is 354 g/mol. The van der Waals surface area contributed by atoms with Crippen molar-refractivity contribution in [2.45, 2.75) is 12.8 Å². The lowest BCUT2D eigenvalue weighted by Crippen LogP contribution is -2.18. The second-order valence-electron chi connectivity index (χ2n) is 6.42. The Hall–Kier alpha value is -3.58. The molecule has 0 bridgehead atoms. The molecule has 1 heterocycles. The first-order valence-corrected chi connectivity index (χ1v) is 8.73. The molecule has 1 aliphatic carbocycles. The molecule has 0 fully saturated rings. The van der Waals surface area contributed by atoms with Crippen LogP contribution in [0.2, 0.25) is 0 Å². The van der Waals surface area contributed by atoms with Crippen molar-refractivity contribution in [3.63, 3.8) is 0 Å². The number of benzene rings is 2. The Morgan fingerprint density at radius 3 is 2.30 bits per heavy atom. The molecule has 0 saturated carbocycles. The van der Waals surface area contributed by atoms with Gasteiger partial charge in [0, 0.05) is 11.5 Å². The van der Waals surface area contributed by atoms with Gasteiger partial charge in [0.2, 0.25) is 0 Å². The number of hydrogen-bond donors (Lipinski definition) is 1. The predicted molar refractivity (Wildman–Crippen MR) is 106 cm³/mol. The summed E-state index contributed by atoms with van der Waals surface area (Å²) in [5.41, 5.74) is 6.15. The molecule has 1 aliphatic rings. The summed E-state index contributed by atoms with van der Waals surface area (Å²) in [6.07, 6.45) is 4.87. The quantitative estimate of drug-likeness (QED) is 0.692. The summed E-state index contributed by atoms with van der Waals surface area (Å²) in [5, 5.41) is 2.67. The number of pyridine rings is 1. The number of nitrogens with one attached hydrogen (secondary N) is 1. The van der Waals surface area contributed by atoms with Crippen LogP contribution in [-0.4, -0.2) is 17.7 Å². The topological polar surface area (TPSA) is 51.2 Å². The van der Waals surface area contributed by atoms with Gasteiger partial charge in [0.1, 0.15) is 12.4 Å². The lowest BCUT2D eigenvalue weighted by Gasteiger charge is -2.14. The molecule has 1 amide bonds. The summed E-state index contributed by atoms with van der Waals surface area (Å²) in [4.78, 5) is 16.5. The van der Waals surface area contributed by atoms with Crippen LogP contribution in [0.5, 0.6) is 0 Å². The highest BCUT2D eigenvalue weighted by Crippen LogP contribution is 2.44. The Bertz CT molecular complexity index is 1020. The molecule has 4 rings (SSSR count). The summed E-state index contributed by atoms with van der Waals surface area (Å²) in [7, 11) is 0. The van der Waals surface area contributed by atoms with Crippen LogP contribution in [0.25, 0.3) is 11.1 Å². The molecule has 0 spiro atoms. The van der Waals surface area contributed by atoms with Crippen LogP contribution >= 0.6 is 0 Å². The first-order chi connectivity index (χ1) is 13.2. The highest BCUT2D eigenvalue weighted by atomic mass is 16.5. The fraction of sp³-hybridized carbons (Fsp3) is 0.130. The molecule has 1 N–H and O–H groups in total. The lowest BCUT2D eigenvalue weighted by atomic mass is 9.98. The predicted octanol–water partition coefficient (Wildman–Crippen LogP) is 4.73. The van der Waals surface area contributed by atoms with Gasteiger partial charge in [0.05, 0.1) is 5.69 Å². The van der Waals surface area contributed by atoms with Crippen molar-refractivity contribution in [2.75, 3.05) is 11.9 Å².